The van der Waals surface area contributed by atoms with Crippen LogP contribution in [0.1, 0.15) is 41.9 Å². The van der Waals surface area contributed by atoms with E-state index < -0.39 is 6.10 Å². The fraction of sp³-hybridized carbons (Fsp3) is 0.471. The van der Waals surface area contributed by atoms with Crippen molar-refractivity contribution in [2.75, 3.05) is 6.54 Å². The molecular formula is C17H21N3O3. The highest BCUT2D eigenvalue weighted by atomic mass is 16.5. The van der Waals surface area contributed by atoms with E-state index in [-0.39, 0.29) is 12.5 Å². The zero-order chi connectivity index (χ0) is 16.2. The maximum atomic E-state index is 12.5. The Morgan fingerprint density at radius 1 is 1.39 bits per heavy atom. The van der Waals surface area contributed by atoms with Crippen molar-refractivity contribution in [2.24, 2.45) is 5.92 Å². The molecule has 1 atom stereocenters. The molecule has 0 bridgehead atoms. The minimum Gasteiger partial charge on any atom is -0.391 e. The average Bonchev–Trinajstić information content (AvgIpc) is 3.24. The lowest BCUT2D eigenvalue weighted by Gasteiger charge is -2.18. The van der Waals surface area contributed by atoms with Crippen LogP contribution in [-0.2, 0) is 0 Å². The lowest BCUT2D eigenvalue weighted by molar-refractivity contribution is 0.0841. The van der Waals surface area contributed by atoms with Gasteiger partial charge in [-0.05, 0) is 37.8 Å². The first kappa shape index (κ1) is 15.7. The van der Waals surface area contributed by atoms with Crippen LogP contribution in [0, 0.1) is 12.8 Å². The van der Waals surface area contributed by atoms with Crippen molar-refractivity contribution in [1.29, 1.82) is 0 Å². The molecule has 0 aliphatic heterocycles. The van der Waals surface area contributed by atoms with Crippen molar-refractivity contribution >= 4 is 5.91 Å². The molecule has 0 saturated heterocycles. The molecule has 23 heavy (non-hydrogen) atoms. The van der Waals surface area contributed by atoms with Gasteiger partial charge in [0.15, 0.2) is 5.82 Å². The van der Waals surface area contributed by atoms with Crippen molar-refractivity contribution in [1.82, 2.24) is 15.5 Å². The first-order valence-corrected chi connectivity index (χ1v) is 8.01. The van der Waals surface area contributed by atoms with Gasteiger partial charge >= 0.3 is 0 Å². The molecule has 1 saturated carbocycles. The van der Waals surface area contributed by atoms with Gasteiger partial charge in [0.2, 0.25) is 0 Å². The van der Waals surface area contributed by atoms with Gasteiger partial charge < -0.3 is 14.9 Å². The van der Waals surface area contributed by atoms with E-state index >= 15 is 0 Å². The number of nitrogens with zero attached hydrogens (tertiary/aromatic N) is 2. The summed E-state index contributed by atoms with van der Waals surface area (Å²) in [5.41, 5.74) is 1.07. The maximum Gasteiger partial charge on any atom is 0.258 e. The third-order valence-electron chi connectivity index (χ3n) is 4.35. The lowest BCUT2D eigenvalue weighted by Crippen LogP contribution is -2.35. The molecule has 1 aromatic heterocycles. The van der Waals surface area contributed by atoms with Gasteiger partial charge in [0, 0.05) is 6.54 Å². The van der Waals surface area contributed by atoms with Crippen LogP contribution in [0.3, 0.4) is 0 Å². The van der Waals surface area contributed by atoms with Gasteiger partial charge in [-0.2, -0.15) is 4.98 Å². The molecule has 2 N–H and O–H groups in total. The van der Waals surface area contributed by atoms with Crippen LogP contribution in [0.15, 0.2) is 28.8 Å². The van der Waals surface area contributed by atoms with Crippen LogP contribution >= 0.6 is 0 Å². The zero-order valence-corrected chi connectivity index (χ0v) is 13.2. The second kappa shape index (κ2) is 6.91. The fourth-order valence-corrected chi connectivity index (χ4v) is 3.08. The van der Waals surface area contributed by atoms with Crippen molar-refractivity contribution in [3.63, 3.8) is 0 Å². The summed E-state index contributed by atoms with van der Waals surface area (Å²) in [7, 11) is 0. The Morgan fingerprint density at radius 2 is 2.13 bits per heavy atom. The summed E-state index contributed by atoms with van der Waals surface area (Å²) in [5.74, 6) is 0.897. The largest absolute Gasteiger partial charge is 0.391 e. The third-order valence-corrected chi connectivity index (χ3v) is 4.35. The molecule has 6 nitrogen and oxygen atoms in total. The first-order valence-electron chi connectivity index (χ1n) is 8.01. The minimum atomic E-state index is -0.487. The van der Waals surface area contributed by atoms with Crippen molar-refractivity contribution < 1.29 is 14.4 Å². The highest BCUT2D eigenvalue weighted by molar-refractivity contribution is 5.99. The summed E-state index contributed by atoms with van der Waals surface area (Å²) in [6, 6.07) is 7.09. The SMILES string of the molecule is Cc1noc(-c2ccccc2C(=O)NCC(O)C2CCCC2)n1. The van der Waals surface area contributed by atoms with Crippen molar-refractivity contribution in [2.45, 2.75) is 38.7 Å². The molecule has 1 fully saturated rings. The Morgan fingerprint density at radius 3 is 2.83 bits per heavy atom. The van der Waals surface area contributed by atoms with Gasteiger partial charge in [-0.25, -0.2) is 0 Å². The van der Waals surface area contributed by atoms with Crippen molar-refractivity contribution in [3.8, 4) is 11.5 Å². The number of hydrogen-bond acceptors (Lipinski definition) is 5. The minimum absolute atomic E-state index is 0.242. The van der Waals surface area contributed by atoms with Crippen LogP contribution < -0.4 is 5.32 Å². The summed E-state index contributed by atoms with van der Waals surface area (Å²) >= 11 is 0. The van der Waals surface area contributed by atoms with E-state index in [2.05, 4.69) is 15.5 Å². The van der Waals surface area contributed by atoms with Gasteiger partial charge in [0.25, 0.3) is 11.8 Å². The molecule has 0 radical (unpaired) electrons. The lowest BCUT2D eigenvalue weighted by atomic mass is 10.0. The second-order valence-corrected chi connectivity index (χ2v) is 6.01. The molecule has 2 aromatic rings. The number of nitrogens with one attached hydrogen (secondary N) is 1. The molecule has 0 spiro atoms. The molecule has 3 rings (SSSR count). The molecule has 1 aliphatic carbocycles. The van der Waals surface area contributed by atoms with E-state index in [1.807, 2.05) is 6.07 Å². The molecular weight excluding hydrogens is 294 g/mol. The smallest absolute Gasteiger partial charge is 0.258 e. The van der Waals surface area contributed by atoms with Crippen LogP contribution in [0.5, 0.6) is 0 Å². The molecule has 122 valence electrons. The second-order valence-electron chi connectivity index (χ2n) is 6.01. The number of aromatic nitrogens is 2. The summed E-state index contributed by atoms with van der Waals surface area (Å²) in [6.07, 6.45) is 3.91. The number of benzene rings is 1. The highest BCUT2D eigenvalue weighted by Crippen LogP contribution is 2.27. The average molecular weight is 315 g/mol. The van der Waals surface area contributed by atoms with Gasteiger partial charge in [-0.15, -0.1) is 0 Å². The Hall–Kier alpha value is -2.21. The first-order chi connectivity index (χ1) is 11.1. The van der Waals surface area contributed by atoms with Gasteiger partial charge in [0.1, 0.15) is 0 Å². The summed E-state index contributed by atoms with van der Waals surface area (Å²) < 4.78 is 5.16. The Kier molecular flexibility index (Phi) is 4.71. The van der Waals surface area contributed by atoms with Crippen LogP contribution in [0.4, 0.5) is 0 Å². The van der Waals surface area contributed by atoms with Crippen LogP contribution in [0.2, 0.25) is 0 Å². The zero-order valence-electron chi connectivity index (χ0n) is 13.2. The van der Waals surface area contributed by atoms with E-state index in [0.29, 0.717) is 28.8 Å². The van der Waals surface area contributed by atoms with Gasteiger partial charge in [-0.3, -0.25) is 4.79 Å². The normalized spacial score (nSPS) is 16.4. The number of rotatable bonds is 5. The maximum absolute atomic E-state index is 12.5. The number of aliphatic hydroxyl groups excluding tert-OH is 1. The number of aryl methyl sites for hydroxylation is 1. The molecule has 1 aromatic carbocycles. The van der Waals surface area contributed by atoms with E-state index in [9.17, 15) is 9.90 Å². The summed E-state index contributed by atoms with van der Waals surface area (Å²) in [5, 5.41) is 16.8. The summed E-state index contributed by atoms with van der Waals surface area (Å²) in [6.45, 7) is 1.99. The Balaban J connectivity index is 1.70. The molecule has 1 unspecified atom stereocenters. The number of carbonyl (C=O) groups excluding carboxylic acids is 1. The van der Waals surface area contributed by atoms with E-state index in [1.165, 1.54) is 0 Å². The van der Waals surface area contributed by atoms with Gasteiger partial charge in [-0.1, -0.05) is 30.1 Å². The predicted molar refractivity (Wildman–Crippen MR) is 84.8 cm³/mol. The van der Waals surface area contributed by atoms with Crippen LogP contribution in [0.25, 0.3) is 11.5 Å². The highest BCUT2D eigenvalue weighted by Gasteiger charge is 2.24. The van der Waals surface area contributed by atoms with Crippen molar-refractivity contribution in [3.05, 3.63) is 35.7 Å². The Bertz CT molecular complexity index is 677. The Labute approximate surface area is 134 Å². The summed E-state index contributed by atoms with van der Waals surface area (Å²) in [4.78, 5) is 16.6. The molecule has 1 amide bonds. The number of hydrogen-bond donors (Lipinski definition) is 2. The fourth-order valence-electron chi connectivity index (χ4n) is 3.08. The third kappa shape index (κ3) is 3.59. The van der Waals surface area contributed by atoms with Crippen LogP contribution in [-0.4, -0.2) is 33.8 Å². The quantitative estimate of drug-likeness (QED) is 0.884. The van der Waals surface area contributed by atoms with E-state index in [0.717, 1.165) is 25.7 Å². The van der Waals surface area contributed by atoms with Gasteiger partial charge in [0.05, 0.1) is 17.2 Å². The van der Waals surface area contributed by atoms with E-state index in [1.54, 1.807) is 25.1 Å². The standard InChI is InChI=1S/C17H21N3O3/c1-11-19-17(23-20-11)14-9-5-4-8-13(14)16(22)18-10-15(21)12-6-2-3-7-12/h4-5,8-9,12,15,21H,2-3,6-7,10H2,1H3,(H,18,22). The number of carbonyl (C=O) groups is 1. The number of aliphatic hydroxyl groups is 1. The topological polar surface area (TPSA) is 88.2 Å². The molecule has 1 heterocycles. The molecule has 6 heteroatoms. The predicted octanol–water partition coefficient (Wildman–Crippen LogP) is 2.33. The molecule has 1 aliphatic rings. The number of amides is 1. The monoisotopic (exact) mass is 315 g/mol. The van der Waals surface area contributed by atoms with E-state index in [4.69, 9.17) is 4.52 Å².